The van der Waals surface area contributed by atoms with Gasteiger partial charge < -0.3 is 19.6 Å². The van der Waals surface area contributed by atoms with Crippen LogP contribution in [-0.4, -0.2) is 0 Å². The van der Waals surface area contributed by atoms with Crippen LogP contribution in [0.2, 0.25) is 0 Å². The van der Waals surface area contributed by atoms with Crippen molar-refractivity contribution in [3.05, 3.63) is 399 Å². The second kappa shape index (κ2) is 26.5. The first kappa shape index (κ1) is 58.3. The molecule has 17 aromatic carbocycles. The lowest BCUT2D eigenvalue weighted by molar-refractivity contribution is 1.29. The zero-order valence-electron chi connectivity index (χ0n) is 52.9. The molecule has 0 heterocycles. The van der Waals surface area contributed by atoms with Gasteiger partial charge in [-0.05, 0) is 176 Å². The van der Waals surface area contributed by atoms with Crippen LogP contribution in [0.15, 0.2) is 388 Å². The molecule has 0 fully saturated rings. The topological polar surface area (TPSA) is 13.0 Å². The van der Waals surface area contributed by atoms with Crippen molar-refractivity contribution in [3.63, 3.8) is 0 Å². The van der Waals surface area contributed by atoms with Gasteiger partial charge in [0.15, 0.2) is 0 Å². The van der Waals surface area contributed by atoms with Gasteiger partial charge in [0.05, 0.1) is 11.4 Å². The number of hydrogen-bond acceptors (Lipinski definition) is 4. The largest absolute Gasteiger partial charge is 0.310 e. The normalized spacial score (nSPS) is 11.3. The Morgan fingerprint density at radius 3 is 0.594 bits per heavy atom. The van der Waals surface area contributed by atoms with Crippen LogP contribution in [0.4, 0.5) is 68.2 Å². The minimum absolute atomic E-state index is 1.11. The highest BCUT2D eigenvalue weighted by Crippen LogP contribution is 2.51. The van der Waals surface area contributed by atoms with Crippen LogP contribution < -0.4 is 19.6 Å². The maximum Gasteiger partial charge on any atom is 0.0619 e. The summed E-state index contributed by atoms with van der Waals surface area (Å²) in [5.41, 5.74) is 15.9. The van der Waals surface area contributed by atoms with Gasteiger partial charge in [-0.3, -0.25) is 0 Å². The van der Waals surface area contributed by atoms with E-state index in [1.807, 2.05) is 0 Å². The summed E-state index contributed by atoms with van der Waals surface area (Å²) in [6.07, 6.45) is 4.39. The third kappa shape index (κ3) is 11.8. The molecule has 0 aliphatic carbocycles. The van der Waals surface area contributed by atoms with Gasteiger partial charge in [0.1, 0.15) is 0 Å². The lowest BCUT2D eigenvalue weighted by atomic mass is 9.95. The van der Waals surface area contributed by atoms with E-state index in [0.29, 0.717) is 0 Å². The highest BCUT2D eigenvalue weighted by atomic mass is 15.2. The quantitative estimate of drug-likeness (QED) is 0.0611. The summed E-state index contributed by atoms with van der Waals surface area (Å²) < 4.78 is 0. The van der Waals surface area contributed by atoms with Crippen LogP contribution in [0.1, 0.15) is 11.1 Å². The van der Waals surface area contributed by atoms with E-state index in [9.17, 15) is 0 Å². The van der Waals surface area contributed by atoms with Gasteiger partial charge in [-0.1, -0.05) is 279 Å². The Balaban J connectivity index is 0.000000160. The second-order valence-electron chi connectivity index (χ2n) is 24.1. The summed E-state index contributed by atoms with van der Waals surface area (Å²) in [4.78, 5) is 9.48. The SMILES string of the molecule is C(=C\c1ccc(N(c2ccc3ccccc3c2)c2ccc3ccccc3c2)cc1)/c1ccc(N(c2ccc3ccccc3c2)c2ccc3ccccc3c2)cc1.c1ccc(N(c2ccccc2)c2c3ccccc3c(N(c3ccccc3)c3ccccc3)c3ccccc23)cc1. The molecule has 17 aromatic rings. The highest BCUT2D eigenvalue weighted by molar-refractivity contribution is 6.23. The molecule has 96 heavy (non-hydrogen) atoms. The van der Waals surface area contributed by atoms with Crippen molar-refractivity contribution in [2.75, 3.05) is 19.6 Å². The summed E-state index contributed by atoms with van der Waals surface area (Å²) in [5, 5.41) is 14.6. The Morgan fingerprint density at radius 2 is 0.344 bits per heavy atom. The van der Waals surface area contributed by atoms with E-state index in [1.165, 1.54) is 76.0 Å². The molecule has 0 aromatic heterocycles. The fourth-order valence-corrected chi connectivity index (χ4v) is 13.5. The lowest BCUT2D eigenvalue weighted by Crippen LogP contribution is -2.14. The van der Waals surface area contributed by atoms with Crippen LogP contribution in [0.5, 0.6) is 0 Å². The van der Waals surface area contributed by atoms with Crippen molar-refractivity contribution in [2.45, 2.75) is 0 Å². The van der Waals surface area contributed by atoms with E-state index >= 15 is 0 Å². The van der Waals surface area contributed by atoms with Crippen molar-refractivity contribution < 1.29 is 0 Å². The molecule has 0 atom stereocenters. The summed E-state index contributed by atoms with van der Waals surface area (Å²) in [6.45, 7) is 0. The van der Waals surface area contributed by atoms with E-state index in [-0.39, 0.29) is 0 Å². The van der Waals surface area contributed by atoms with E-state index < -0.39 is 0 Å². The van der Waals surface area contributed by atoms with Gasteiger partial charge in [0.25, 0.3) is 0 Å². The summed E-state index contributed by atoms with van der Waals surface area (Å²) >= 11 is 0. The van der Waals surface area contributed by atoms with Gasteiger partial charge in [0.2, 0.25) is 0 Å². The number of anilines is 12. The molecule has 0 N–H and O–H groups in total. The van der Waals surface area contributed by atoms with Crippen LogP contribution in [0, 0.1) is 0 Å². The average Bonchev–Trinajstić information content (AvgIpc) is 0.730. The van der Waals surface area contributed by atoms with E-state index in [4.69, 9.17) is 0 Å². The molecule has 0 bridgehead atoms. The number of fused-ring (bicyclic) bond motifs is 6. The summed E-state index contributed by atoms with van der Waals surface area (Å²) in [5.74, 6) is 0. The molecule has 0 aliphatic heterocycles. The molecule has 0 spiro atoms. The Morgan fingerprint density at radius 1 is 0.146 bits per heavy atom. The van der Waals surface area contributed by atoms with E-state index in [2.05, 4.69) is 420 Å². The summed E-state index contributed by atoms with van der Waals surface area (Å²) in [6, 6.07) is 139. The zero-order chi connectivity index (χ0) is 64.0. The van der Waals surface area contributed by atoms with E-state index in [1.54, 1.807) is 0 Å². The maximum atomic E-state index is 2.39. The average molecular weight is 1230 g/mol. The molecule has 454 valence electrons. The Bertz CT molecular complexity index is 4960. The fraction of sp³-hybridized carbons (Fsp3) is 0. The molecular weight excluding hydrogens is 1160 g/mol. The van der Waals surface area contributed by atoms with Crippen molar-refractivity contribution in [1.82, 2.24) is 0 Å². The number of benzene rings is 17. The first-order valence-electron chi connectivity index (χ1n) is 32.8. The number of hydrogen-bond donors (Lipinski definition) is 0. The third-order valence-corrected chi connectivity index (χ3v) is 18.1. The molecule has 4 nitrogen and oxygen atoms in total. The lowest BCUT2D eigenvalue weighted by Gasteiger charge is -2.32. The molecule has 17 rings (SSSR count). The smallest absolute Gasteiger partial charge is 0.0619 e. The van der Waals surface area contributed by atoms with Crippen LogP contribution in [0.3, 0.4) is 0 Å². The minimum atomic E-state index is 1.11. The first-order chi connectivity index (χ1) is 47.6. The first-order valence-corrected chi connectivity index (χ1v) is 32.8. The van der Waals surface area contributed by atoms with Gasteiger partial charge in [-0.2, -0.15) is 0 Å². The van der Waals surface area contributed by atoms with Crippen molar-refractivity contribution >= 4 is 145 Å². The standard InChI is InChI=1S/C54H38N2.C38H28N2/c1-5-13-45-35-51(31-23-41(45)9-1)55(52-32-24-42-10-2-6-14-46(42)36-52)49-27-19-39(20-28-49)17-18-40-21-29-50(30-22-40)56(53-33-25-43-11-3-7-15-47(43)37-53)54-34-26-44-12-4-8-16-48(44)38-54;1-5-17-29(18-6-1)39(30-19-7-2-8-20-30)37-33-25-13-15-27-35(33)38(36-28-16-14-26-34(36)37)40(31-21-9-3-10-22-31)32-23-11-4-12-24-32/h1-38H;1-28H/b18-17+;. The Hall–Kier alpha value is -12.8. The molecule has 0 aliphatic rings. The molecule has 0 saturated carbocycles. The zero-order valence-corrected chi connectivity index (χ0v) is 52.9. The van der Waals surface area contributed by atoms with Crippen LogP contribution in [0.25, 0.3) is 76.8 Å². The van der Waals surface area contributed by atoms with Crippen LogP contribution >= 0.6 is 0 Å². The van der Waals surface area contributed by atoms with Gasteiger partial charge in [0, 0.05) is 78.4 Å². The predicted molar refractivity (Wildman–Crippen MR) is 412 cm³/mol. The Labute approximate surface area is 560 Å². The van der Waals surface area contributed by atoms with Gasteiger partial charge >= 0.3 is 0 Å². The molecule has 0 saturated heterocycles. The third-order valence-electron chi connectivity index (χ3n) is 18.1. The number of rotatable bonds is 14. The molecule has 0 unspecified atom stereocenters. The van der Waals surface area contributed by atoms with Crippen molar-refractivity contribution in [1.29, 1.82) is 0 Å². The molecule has 0 radical (unpaired) electrons. The highest BCUT2D eigenvalue weighted by Gasteiger charge is 2.25. The molecular formula is C92H66N4. The summed E-state index contributed by atoms with van der Waals surface area (Å²) in [7, 11) is 0. The number of para-hydroxylation sites is 4. The maximum absolute atomic E-state index is 2.39. The van der Waals surface area contributed by atoms with E-state index in [0.717, 1.165) is 68.0 Å². The van der Waals surface area contributed by atoms with Crippen molar-refractivity contribution in [3.8, 4) is 0 Å². The van der Waals surface area contributed by atoms with Crippen molar-refractivity contribution in [2.24, 2.45) is 0 Å². The van der Waals surface area contributed by atoms with Gasteiger partial charge in [-0.15, -0.1) is 0 Å². The number of nitrogens with zero attached hydrogens (tertiary/aromatic N) is 4. The predicted octanol–water partition coefficient (Wildman–Crippen LogP) is 26.3. The fourth-order valence-electron chi connectivity index (χ4n) is 13.5. The second-order valence-corrected chi connectivity index (χ2v) is 24.1. The minimum Gasteiger partial charge on any atom is -0.310 e. The molecule has 0 amide bonds. The van der Waals surface area contributed by atoms with Gasteiger partial charge in [-0.25, -0.2) is 0 Å². The Kier molecular flexibility index (Phi) is 16.1. The molecule has 4 heteroatoms. The van der Waals surface area contributed by atoms with Crippen LogP contribution in [-0.2, 0) is 0 Å². The monoisotopic (exact) mass is 1230 g/mol.